The lowest BCUT2D eigenvalue weighted by Gasteiger charge is -2.16. The molecule has 2 heterocycles. The molecule has 0 saturated carbocycles. The summed E-state index contributed by atoms with van der Waals surface area (Å²) < 4.78 is 8.27. The van der Waals surface area contributed by atoms with E-state index in [0.29, 0.717) is 6.73 Å². The van der Waals surface area contributed by atoms with Crippen molar-refractivity contribution in [3.63, 3.8) is 0 Å². The van der Waals surface area contributed by atoms with Gasteiger partial charge in [0.2, 0.25) is 5.69 Å². The Kier molecular flexibility index (Phi) is 1.80. The largest absolute Gasteiger partial charge is 0.435 e. The van der Waals surface area contributed by atoms with Crippen LogP contribution in [0.15, 0.2) is 48.7 Å². The van der Waals surface area contributed by atoms with Gasteiger partial charge in [0.15, 0.2) is 6.20 Å². The molecule has 0 unspecified atom stereocenters. The molecule has 22 heavy (non-hydrogen) atoms. The summed E-state index contributed by atoms with van der Waals surface area (Å²) in [6.07, 6.45) is 4.38. The zero-order valence-electron chi connectivity index (χ0n) is 12.1. The molecule has 2 aromatic carbocycles. The Morgan fingerprint density at radius 2 is 1.73 bits per heavy atom. The van der Waals surface area contributed by atoms with E-state index in [1.807, 2.05) is 0 Å². The Bertz CT molecular complexity index is 987. The summed E-state index contributed by atoms with van der Waals surface area (Å²) in [6, 6.07) is 15.3. The number of pyridine rings is 1. The van der Waals surface area contributed by atoms with Gasteiger partial charge in [0, 0.05) is 29.5 Å². The first kappa shape index (κ1) is 11.0. The van der Waals surface area contributed by atoms with Crippen molar-refractivity contribution in [3.8, 4) is 28.1 Å². The summed E-state index contributed by atoms with van der Waals surface area (Å²) in [7, 11) is 0. The van der Waals surface area contributed by atoms with Gasteiger partial charge >= 0.3 is 0 Å². The van der Waals surface area contributed by atoms with Crippen LogP contribution in [0.4, 0.5) is 0 Å². The number of ether oxygens (including phenoxy) is 1. The van der Waals surface area contributed by atoms with Gasteiger partial charge in [-0.25, -0.2) is 0 Å². The Morgan fingerprint density at radius 1 is 0.818 bits per heavy atom. The van der Waals surface area contributed by atoms with Crippen molar-refractivity contribution in [3.05, 3.63) is 70.9 Å². The predicted octanol–water partition coefficient (Wildman–Crippen LogP) is 3.47. The third-order valence-corrected chi connectivity index (χ3v) is 5.25. The summed E-state index contributed by atoms with van der Waals surface area (Å²) >= 11 is 0. The maximum Gasteiger partial charge on any atom is 0.292 e. The van der Waals surface area contributed by atoms with E-state index in [1.54, 1.807) is 0 Å². The van der Waals surface area contributed by atoms with E-state index in [-0.39, 0.29) is 0 Å². The van der Waals surface area contributed by atoms with E-state index in [4.69, 9.17) is 4.74 Å². The lowest BCUT2D eigenvalue weighted by molar-refractivity contribution is -0.717. The molecule has 0 radical (unpaired) electrons. The molecule has 0 bridgehead atoms. The SMILES string of the molecule is c1ccc2c(c1)Cc1c[n+]3c4c(c1-2)Cc1cccc(c1-4)OC3. The lowest BCUT2D eigenvalue weighted by Crippen LogP contribution is -2.42. The quantitative estimate of drug-likeness (QED) is 0.397. The predicted molar refractivity (Wildman–Crippen MR) is 83.7 cm³/mol. The van der Waals surface area contributed by atoms with Gasteiger partial charge in [-0.15, -0.1) is 0 Å². The fourth-order valence-electron chi connectivity index (χ4n) is 4.41. The van der Waals surface area contributed by atoms with Crippen molar-refractivity contribution in [2.45, 2.75) is 19.6 Å². The highest BCUT2D eigenvalue weighted by Crippen LogP contribution is 2.49. The van der Waals surface area contributed by atoms with Crippen LogP contribution in [0, 0.1) is 0 Å². The lowest BCUT2D eigenvalue weighted by atomic mass is 9.98. The second-order valence-electron chi connectivity index (χ2n) is 6.40. The zero-order chi connectivity index (χ0) is 14.3. The van der Waals surface area contributed by atoms with Crippen LogP contribution < -0.4 is 9.30 Å². The topological polar surface area (TPSA) is 13.1 Å². The second-order valence-corrected chi connectivity index (χ2v) is 6.40. The Balaban J connectivity index is 1.75. The number of hydrogen-bond donors (Lipinski definition) is 0. The van der Waals surface area contributed by atoms with Crippen LogP contribution in [0.2, 0.25) is 0 Å². The van der Waals surface area contributed by atoms with E-state index in [2.05, 4.69) is 53.2 Å². The van der Waals surface area contributed by atoms with Gasteiger partial charge in [0.05, 0.1) is 5.56 Å². The third kappa shape index (κ3) is 1.16. The van der Waals surface area contributed by atoms with Gasteiger partial charge in [-0.1, -0.05) is 36.4 Å². The Labute approximate surface area is 128 Å². The van der Waals surface area contributed by atoms with Crippen LogP contribution in [0.5, 0.6) is 5.75 Å². The van der Waals surface area contributed by atoms with E-state index in [1.165, 1.54) is 44.6 Å². The minimum absolute atomic E-state index is 0.627. The molecule has 3 aromatic rings. The van der Waals surface area contributed by atoms with Crippen molar-refractivity contribution >= 4 is 0 Å². The van der Waals surface area contributed by atoms with Crippen LogP contribution in [0.1, 0.15) is 22.3 Å². The van der Waals surface area contributed by atoms with Crippen LogP contribution >= 0.6 is 0 Å². The summed E-state index contributed by atoms with van der Waals surface area (Å²) in [4.78, 5) is 0. The minimum atomic E-state index is 0.627. The maximum atomic E-state index is 5.96. The molecule has 2 aliphatic carbocycles. The highest BCUT2D eigenvalue weighted by molar-refractivity contribution is 5.88. The van der Waals surface area contributed by atoms with Crippen LogP contribution in [-0.2, 0) is 19.6 Å². The normalized spacial score (nSPS) is 15.1. The summed E-state index contributed by atoms with van der Waals surface area (Å²) in [5.41, 5.74) is 11.4. The number of nitrogens with zero attached hydrogens (tertiary/aromatic N) is 1. The van der Waals surface area contributed by atoms with Crippen molar-refractivity contribution in [1.29, 1.82) is 0 Å². The Hall–Kier alpha value is -2.61. The van der Waals surface area contributed by atoms with Crippen LogP contribution in [0.3, 0.4) is 0 Å². The number of rotatable bonds is 0. The molecule has 1 aromatic heterocycles. The third-order valence-electron chi connectivity index (χ3n) is 5.25. The number of fused-ring (bicyclic) bond motifs is 4. The fourth-order valence-corrected chi connectivity index (χ4v) is 4.41. The number of aromatic nitrogens is 1. The standard InChI is InChI=1S/C20H14NO/c1-2-6-15-12(4-1)8-14-10-21-11-22-17-7-3-5-13-9-16(18(14)15)20(21)19(13)17/h1-7,10H,8-9,11H2/q+1. The van der Waals surface area contributed by atoms with Crippen LogP contribution in [-0.4, -0.2) is 0 Å². The Morgan fingerprint density at radius 3 is 2.73 bits per heavy atom. The minimum Gasteiger partial charge on any atom is -0.435 e. The zero-order valence-corrected chi connectivity index (χ0v) is 12.1. The monoisotopic (exact) mass is 284 g/mol. The molecule has 2 nitrogen and oxygen atoms in total. The van der Waals surface area contributed by atoms with E-state index < -0.39 is 0 Å². The number of hydrogen-bond acceptors (Lipinski definition) is 1. The first-order valence-electron chi connectivity index (χ1n) is 7.82. The smallest absolute Gasteiger partial charge is 0.292 e. The highest BCUT2D eigenvalue weighted by atomic mass is 16.5. The van der Waals surface area contributed by atoms with Crippen molar-refractivity contribution in [2.24, 2.45) is 0 Å². The molecule has 0 saturated heterocycles. The summed E-state index contributed by atoms with van der Waals surface area (Å²) in [5, 5.41) is 0. The van der Waals surface area contributed by atoms with Gasteiger partial charge in [-0.3, -0.25) is 0 Å². The van der Waals surface area contributed by atoms with E-state index in [9.17, 15) is 0 Å². The molecule has 2 heteroatoms. The molecule has 0 N–H and O–H groups in total. The van der Waals surface area contributed by atoms with E-state index in [0.717, 1.165) is 18.6 Å². The van der Waals surface area contributed by atoms with Gasteiger partial charge in [0.1, 0.15) is 5.75 Å². The van der Waals surface area contributed by atoms with Gasteiger partial charge in [0.25, 0.3) is 6.73 Å². The van der Waals surface area contributed by atoms with Gasteiger partial charge in [-0.05, 0) is 22.8 Å². The van der Waals surface area contributed by atoms with E-state index >= 15 is 0 Å². The molecule has 0 fully saturated rings. The molecule has 0 amide bonds. The first-order chi connectivity index (χ1) is 10.9. The first-order valence-corrected chi connectivity index (χ1v) is 7.82. The molecular weight excluding hydrogens is 270 g/mol. The van der Waals surface area contributed by atoms with Crippen molar-refractivity contribution in [1.82, 2.24) is 0 Å². The van der Waals surface area contributed by atoms with Gasteiger partial charge < -0.3 is 4.74 Å². The molecule has 0 spiro atoms. The molecule has 1 aliphatic heterocycles. The molecule has 6 rings (SSSR count). The second kappa shape index (κ2) is 3.58. The van der Waals surface area contributed by atoms with Crippen LogP contribution in [0.25, 0.3) is 22.4 Å². The molecule has 104 valence electrons. The fraction of sp³-hybridized carbons (Fsp3) is 0.150. The van der Waals surface area contributed by atoms with Crippen molar-refractivity contribution < 1.29 is 9.30 Å². The maximum absolute atomic E-state index is 5.96. The number of benzene rings is 2. The van der Waals surface area contributed by atoms with Gasteiger partial charge in [-0.2, -0.15) is 4.57 Å². The average Bonchev–Trinajstić information content (AvgIpc) is 3.11. The average molecular weight is 284 g/mol. The summed E-state index contributed by atoms with van der Waals surface area (Å²) in [6.45, 7) is 0.627. The molecular formula is C20H14NO+. The molecule has 0 atom stereocenters. The highest BCUT2D eigenvalue weighted by Gasteiger charge is 2.39. The summed E-state index contributed by atoms with van der Waals surface area (Å²) in [5.74, 6) is 1.04. The molecule has 3 aliphatic rings. The van der Waals surface area contributed by atoms with Crippen molar-refractivity contribution in [2.75, 3.05) is 0 Å².